The van der Waals surface area contributed by atoms with Crippen LogP contribution in [-0.4, -0.2) is 6.21 Å². The van der Waals surface area contributed by atoms with E-state index in [0.717, 1.165) is 11.8 Å². The van der Waals surface area contributed by atoms with Crippen LogP contribution in [0.15, 0.2) is 59.7 Å². The SMILES string of the molecule is Fc1c(F)c(C(F)(F)F)c(F)c(F)c1N/N=C\c1ccc(OCc2ccccc2)cc1. The Balaban J connectivity index is 1.69. The van der Waals surface area contributed by atoms with Crippen LogP contribution in [-0.2, 0) is 12.8 Å². The molecule has 0 bridgehead atoms. The van der Waals surface area contributed by atoms with Crippen LogP contribution < -0.4 is 10.2 Å². The minimum Gasteiger partial charge on any atom is -0.489 e. The van der Waals surface area contributed by atoms with Crippen LogP contribution in [0, 0.1) is 23.3 Å². The number of halogens is 7. The van der Waals surface area contributed by atoms with Crippen molar-refractivity contribution in [3.05, 3.63) is 94.6 Å². The molecule has 0 fully saturated rings. The highest BCUT2D eigenvalue weighted by Gasteiger charge is 2.42. The minimum absolute atomic E-state index is 0.333. The number of benzene rings is 3. The normalized spacial score (nSPS) is 11.7. The molecule has 0 saturated carbocycles. The molecule has 0 aliphatic carbocycles. The maximum atomic E-state index is 13.8. The van der Waals surface area contributed by atoms with Gasteiger partial charge < -0.3 is 4.74 Å². The van der Waals surface area contributed by atoms with E-state index < -0.39 is 40.7 Å². The summed E-state index contributed by atoms with van der Waals surface area (Å²) in [7, 11) is 0. The van der Waals surface area contributed by atoms with Crippen molar-refractivity contribution in [1.29, 1.82) is 0 Å². The van der Waals surface area contributed by atoms with Crippen molar-refractivity contribution in [3.63, 3.8) is 0 Å². The first kappa shape index (κ1) is 22.1. The molecule has 0 aliphatic heterocycles. The molecule has 0 saturated heterocycles. The number of hydrogen-bond donors (Lipinski definition) is 1. The highest BCUT2D eigenvalue weighted by atomic mass is 19.4. The lowest BCUT2D eigenvalue weighted by Gasteiger charge is -2.13. The molecule has 1 N–H and O–H groups in total. The molecule has 162 valence electrons. The fourth-order valence-electron chi connectivity index (χ4n) is 2.54. The number of nitrogens with zero attached hydrogens (tertiary/aromatic N) is 1. The van der Waals surface area contributed by atoms with Gasteiger partial charge in [0.25, 0.3) is 0 Å². The fraction of sp³-hybridized carbons (Fsp3) is 0.0952. The van der Waals surface area contributed by atoms with Crippen LogP contribution in [0.2, 0.25) is 0 Å². The van der Waals surface area contributed by atoms with Crippen LogP contribution in [0.4, 0.5) is 36.4 Å². The predicted molar refractivity (Wildman–Crippen MR) is 99.7 cm³/mol. The van der Waals surface area contributed by atoms with Gasteiger partial charge in [-0.05, 0) is 35.4 Å². The third-order valence-electron chi connectivity index (χ3n) is 4.07. The average molecular weight is 442 g/mol. The third-order valence-corrected chi connectivity index (χ3v) is 4.07. The molecule has 0 spiro atoms. The van der Waals surface area contributed by atoms with Crippen LogP contribution in [0.5, 0.6) is 5.75 Å². The van der Waals surface area contributed by atoms with Crippen molar-refractivity contribution in [3.8, 4) is 5.75 Å². The first-order valence-corrected chi connectivity index (χ1v) is 8.67. The van der Waals surface area contributed by atoms with E-state index >= 15 is 0 Å². The van der Waals surface area contributed by atoms with Gasteiger partial charge in [-0.3, -0.25) is 5.43 Å². The molecule has 0 radical (unpaired) electrons. The number of rotatable bonds is 6. The second-order valence-electron chi connectivity index (χ2n) is 6.22. The Morgan fingerprint density at radius 2 is 1.39 bits per heavy atom. The standard InChI is InChI=1S/C21H13F7N2O/c22-16-15(21(26,27)28)17(23)19(25)20(18(16)24)30-29-10-12-6-8-14(9-7-12)31-11-13-4-2-1-3-5-13/h1-10,30H,11H2/b29-10-. The van der Waals surface area contributed by atoms with Crippen LogP contribution in [0.3, 0.4) is 0 Å². The Bertz CT molecular complexity index is 1050. The van der Waals surface area contributed by atoms with Gasteiger partial charge in [-0.1, -0.05) is 30.3 Å². The zero-order valence-corrected chi connectivity index (χ0v) is 15.5. The molecule has 0 aliphatic rings. The number of hydrazone groups is 1. The summed E-state index contributed by atoms with van der Waals surface area (Å²) in [6.45, 7) is 0.333. The number of alkyl halides is 3. The Labute approximate surface area is 171 Å². The highest BCUT2D eigenvalue weighted by molar-refractivity contribution is 5.80. The predicted octanol–water partition coefficient (Wildman–Crippen LogP) is 6.29. The second-order valence-corrected chi connectivity index (χ2v) is 6.22. The van der Waals surface area contributed by atoms with E-state index in [2.05, 4.69) is 5.10 Å². The number of nitrogens with one attached hydrogen (secondary N) is 1. The monoisotopic (exact) mass is 442 g/mol. The molecule has 0 unspecified atom stereocenters. The summed E-state index contributed by atoms with van der Waals surface area (Å²) in [5.41, 5.74) is -1.08. The van der Waals surface area contributed by atoms with Crippen molar-refractivity contribution in [2.75, 3.05) is 5.43 Å². The lowest BCUT2D eigenvalue weighted by atomic mass is 10.1. The zero-order valence-electron chi connectivity index (χ0n) is 15.5. The molecule has 31 heavy (non-hydrogen) atoms. The summed E-state index contributed by atoms with van der Waals surface area (Å²) < 4.78 is 98.1. The summed E-state index contributed by atoms with van der Waals surface area (Å²) in [5, 5.41) is 3.42. The van der Waals surface area contributed by atoms with E-state index in [1.54, 1.807) is 17.6 Å². The first-order chi connectivity index (χ1) is 14.7. The van der Waals surface area contributed by atoms with E-state index in [0.29, 0.717) is 17.9 Å². The number of anilines is 1. The quantitative estimate of drug-likeness (QED) is 0.211. The van der Waals surface area contributed by atoms with Crippen LogP contribution >= 0.6 is 0 Å². The third kappa shape index (κ3) is 5.14. The number of hydrogen-bond acceptors (Lipinski definition) is 3. The maximum Gasteiger partial charge on any atom is 0.422 e. The van der Waals surface area contributed by atoms with Gasteiger partial charge in [-0.15, -0.1) is 0 Å². The van der Waals surface area contributed by atoms with Crippen molar-refractivity contribution in [2.45, 2.75) is 12.8 Å². The minimum atomic E-state index is -5.61. The summed E-state index contributed by atoms with van der Waals surface area (Å²) in [6, 6.07) is 15.6. The molecular formula is C21H13F7N2O. The van der Waals surface area contributed by atoms with Crippen molar-refractivity contribution in [2.24, 2.45) is 5.10 Å². The molecule has 3 rings (SSSR count). The Hall–Kier alpha value is -3.56. The van der Waals surface area contributed by atoms with E-state index in [4.69, 9.17) is 4.74 Å². The molecule has 10 heteroatoms. The lowest BCUT2D eigenvalue weighted by Crippen LogP contribution is -2.16. The van der Waals surface area contributed by atoms with E-state index in [9.17, 15) is 30.7 Å². The smallest absolute Gasteiger partial charge is 0.422 e. The highest BCUT2D eigenvalue weighted by Crippen LogP contribution is 2.38. The largest absolute Gasteiger partial charge is 0.489 e. The molecular weight excluding hydrogens is 429 g/mol. The molecule has 3 aromatic carbocycles. The van der Waals surface area contributed by atoms with Gasteiger partial charge in [-0.25, -0.2) is 17.6 Å². The number of ether oxygens (including phenoxy) is 1. The van der Waals surface area contributed by atoms with Gasteiger partial charge in [0.2, 0.25) is 0 Å². The van der Waals surface area contributed by atoms with Gasteiger partial charge >= 0.3 is 6.18 Å². The van der Waals surface area contributed by atoms with Crippen molar-refractivity contribution < 1.29 is 35.5 Å². The topological polar surface area (TPSA) is 33.6 Å². The lowest BCUT2D eigenvalue weighted by molar-refractivity contribution is -0.143. The second kappa shape index (κ2) is 9.07. The first-order valence-electron chi connectivity index (χ1n) is 8.67. The van der Waals surface area contributed by atoms with Crippen LogP contribution in [0.25, 0.3) is 0 Å². The van der Waals surface area contributed by atoms with E-state index in [1.807, 2.05) is 30.3 Å². The van der Waals surface area contributed by atoms with Gasteiger partial charge in [-0.2, -0.15) is 18.3 Å². The van der Waals surface area contributed by atoms with Gasteiger partial charge in [0.1, 0.15) is 23.6 Å². The van der Waals surface area contributed by atoms with E-state index in [1.165, 1.54) is 12.1 Å². The van der Waals surface area contributed by atoms with Gasteiger partial charge in [0, 0.05) is 0 Å². The molecule has 3 nitrogen and oxygen atoms in total. The van der Waals surface area contributed by atoms with E-state index in [-0.39, 0.29) is 0 Å². The fourth-order valence-corrected chi connectivity index (χ4v) is 2.54. The Morgan fingerprint density at radius 3 is 1.94 bits per heavy atom. The van der Waals surface area contributed by atoms with Crippen LogP contribution in [0.1, 0.15) is 16.7 Å². The van der Waals surface area contributed by atoms with Crippen molar-refractivity contribution in [1.82, 2.24) is 0 Å². The summed E-state index contributed by atoms with van der Waals surface area (Å²) in [5.74, 6) is -9.09. The summed E-state index contributed by atoms with van der Waals surface area (Å²) >= 11 is 0. The molecule has 0 aromatic heterocycles. The molecule has 0 heterocycles. The average Bonchev–Trinajstić information content (AvgIpc) is 2.74. The molecule has 0 amide bonds. The summed E-state index contributed by atoms with van der Waals surface area (Å²) in [6.07, 6.45) is -4.56. The molecule has 0 atom stereocenters. The molecule has 3 aromatic rings. The maximum absolute atomic E-state index is 13.8. The van der Waals surface area contributed by atoms with Gasteiger partial charge in [0.15, 0.2) is 23.3 Å². The summed E-state index contributed by atoms with van der Waals surface area (Å²) in [4.78, 5) is 0. The Kier molecular flexibility index (Phi) is 6.47. The zero-order chi connectivity index (χ0) is 22.6. The Morgan fingerprint density at radius 1 is 0.806 bits per heavy atom. The van der Waals surface area contributed by atoms with Crippen molar-refractivity contribution >= 4 is 11.9 Å². The van der Waals surface area contributed by atoms with Gasteiger partial charge in [0.05, 0.1) is 6.21 Å².